The van der Waals surface area contributed by atoms with E-state index in [1.807, 2.05) is 18.3 Å². The molecule has 27 rings (SSSR count). The molecule has 0 saturated carbocycles. The third-order valence-electron chi connectivity index (χ3n) is 26.6. The molecule has 0 saturated heterocycles. The summed E-state index contributed by atoms with van der Waals surface area (Å²) < 4.78 is 14.3. The second-order valence-electron chi connectivity index (χ2n) is 34.1. The number of fused-ring (bicyclic) bond motifs is 18. The standard InChI is InChI=1S/C48H32N2.C41H27N3.C36H24N2/c1-3-12-33(13-4-1)35-22-26-39(27-23-35)49-45-20-9-7-18-41(45)43-31-37(24-28-47(43)49)38-25-29-48-44(32-38)42-19-8-10-21-46(42)50(48)40-17-11-16-36(30-40)34-14-5-2-6-15-34;1-2-12-31(13-3-1)43-38-18-6-4-15-33(38)35-26-28(20-22-40(35)43)29-21-23-41-36(27-29)34-16-5-7-19-39(34)44(41)32-14-10-11-30(25-32)37-17-8-9-24-42-37;1-3-11-27(12-4-1)37-34-18-10-8-16-30(34)32-23-25(20-22-35(32)37)26-19-21-31-29-15-7-9-17-33(29)38(36(31)24-26)28-13-5-2-6-14-28/h1-32H;1-27H;1-24H. The summed E-state index contributed by atoms with van der Waals surface area (Å²) in [5.41, 5.74) is 35.8. The molecule has 0 aliphatic heterocycles. The maximum absolute atomic E-state index is 4.59. The minimum absolute atomic E-state index is 0.974. The van der Waals surface area contributed by atoms with Gasteiger partial charge in [-0.15, -0.1) is 0 Å². The Morgan fingerprint density at radius 1 is 0.114 bits per heavy atom. The number of para-hydroxylation sites is 9. The molecular formula is C125H83N7. The molecular weight excluding hydrogens is 1600 g/mol. The molecule has 0 radical (unpaired) electrons. The molecule has 20 aromatic carbocycles. The Morgan fingerprint density at radius 3 is 0.689 bits per heavy atom. The molecule has 0 spiro atoms. The first kappa shape index (κ1) is 76.8. The second kappa shape index (κ2) is 32.3. The Bertz CT molecular complexity index is 9110. The van der Waals surface area contributed by atoms with Gasteiger partial charge >= 0.3 is 0 Å². The van der Waals surface area contributed by atoms with Crippen molar-refractivity contribution in [2.75, 3.05) is 0 Å². The van der Waals surface area contributed by atoms with Crippen molar-refractivity contribution in [1.82, 2.24) is 32.4 Å². The molecule has 7 heteroatoms. The van der Waals surface area contributed by atoms with E-state index in [0.29, 0.717) is 0 Å². The Kier molecular flexibility index (Phi) is 18.8. The molecule has 7 heterocycles. The number of hydrogen-bond donors (Lipinski definition) is 0. The molecule has 0 unspecified atom stereocenters. The Morgan fingerprint density at radius 2 is 0.333 bits per heavy atom. The predicted molar refractivity (Wildman–Crippen MR) is 556 cm³/mol. The predicted octanol–water partition coefficient (Wildman–Crippen LogP) is 33.0. The first-order chi connectivity index (χ1) is 65.5. The van der Waals surface area contributed by atoms with Gasteiger partial charge in [0.2, 0.25) is 0 Å². The summed E-state index contributed by atoms with van der Waals surface area (Å²) in [6.07, 6.45) is 1.85. The van der Waals surface area contributed by atoms with Crippen LogP contribution in [-0.4, -0.2) is 32.4 Å². The average molecular weight is 1680 g/mol. The zero-order chi connectivity index (χ0) is 87.1. The average Bonchev–Trinajstić information content (AvgIpc) is 1.60. The molecule has 0 aliphatic rings. The third kappa shape index (κ3) is 13.2. The maximum atomic E-state index is 4.59. The van der Waals surface area contributed by atoms with Crippen molar-refractivity contribution in [3.63, 3.8) is 0 Å². The lowest BCUT2D eigenvalue weighted by Crippen LogP contribution is -1.94. The molecule has 618 valence electrons. The highest BCUT2D eigenvalue weighted by molar-refractivity contribution is 6.17. The van der Waals surface area contributed by atoms with E-state index >= 15 is 0 Å². The zero-order valence-corrected chi connectivity index (χ0v) is 72.1. The van der Waals surface area contributed by atoms with Gasteiger partial charge in [-0.25, -0.2) is 0 Å². The molecule has 0 fully saturated rings. The second-order valence-corrected chi connectivity index (χ2v) is 34.1. The Hall–Kier alpha value is -17.7. The number of nitrogens with zero attached hydrogens (tertiary/aromatic N) is 7. The van der Waals surface area contributed by atoms with Crippen LogP contribution < -0.4 is 0 Å². The van der Waals surface area contributed by atoms with Crippen molar-refractivity contribution < 1.29 is 0 Å². The number of benzene rings is 20. The summed E-state index contributed by atoms with van der Waals surface area (Å²) >= 11 is 0. The lowest BCUT2D eigenvalue weighted by atomic mass is 10.0. The van der Waals surface area contributed by atoms with E-state index in [2.05, 4.69) is 518 Å². The van der Waals surface area contributed by atoms with Crippen LogP contribution in [0.1, 0.15) is 0 Å². The lowest BCUT2D eigenvalue weighted by Gasteiger charge is -2.11. The van der Waals surface area contributed by atoms with Crippen molar-refractivity contribution in [3.8, 4) is 101 Å². The molecule has 0 N–H and O–H groups in total. The molecule has 27 aromatic rings. The number of pyridine rings is 1. The highest BCUT2D eigenvalue weighted by Gasteiger charge is 2.23. The van der Waals surface area contributed by atoms with Gasteiger partial charge < -0.3 is 27.4 Å². The van der Waals surface area contributed by atoms with Gasteiger partial charge in [-0.1, -0.05) is 309 Å². The number of rotatable bonds is 12. The van der Waals surface area contributed by atoms with E-state index in [1.165, 1.54) is 204 Å². The van der Waals surface area contributed by atoms with Crippen LogP contribution in [0.2, 0.25) is 0 Å². The summed E-state index contributed by atoms with van der Waals surface area (Å²) in [4.78, 5) is 4.59. The van der Waals surface area contributed by atoms with Crippen LogP contribution in [0.15, 0.2) is 504 Å². The van der Waals surface area contributed by atoms with Gasteiger partial charge in [0.1, 0.15) is 0 Å². The summed E-state index contributed by atoms with van der Waals surface area (Å²) in [5.74, 6) is 0. The largest absolute Gasteiger partial charge is 0.309 e. The Balaban J connectivity index is 0.000000107. The first-order valence-corrected chi connectivity index (χ1v) is 45.2. The third-order valence-corrected chi connectivity index (χ3v) is 26.6. The van der Waals surface area contributed by atoms with E-state index in [9.17, 15) is 0 Å². The molecule has 0 aliphatic carbocycles. The van der Waals surface area contributed by atoms with Gasteiger partial charge in [0.15, 0.2) is 0 Å². The van der Waals surface area contributed by atoms with E-state index < -0.39 is 0 Å². The van der Waals surface area contributed by atoms with Crippen molar-refractivity contribution in [1.29, 1.82) is 0 Å². The van der Waals surface area contributed by atoms with Crippen LogP contribution >= 0.6 is 0 Å². The molecule has 7 nitrogen and oxygen atoms in total. The maximum Gasteiger partial charge on any atom is 0.0702 e. The van der Waals surface area contributed by atoms with Gasteiger partial charge in [0.25, 0.3) is 0 Å². The van der Waals surface area contributed by atoms with Gasteiger partial charge in [0, 0.05) is 111 Å². The molecule has 132 heavy (non-hydrogen) atoms. The summed E-state index contributed by atoms with van der Waals surface area (Å²) in [7, 11) is 0. The fraction of sp³-hybridized carbons (Fsp3) is 0. The van der Waals surface area contributed by atoms with Crippen molar-refractivity contribution in [2.24, 2.45) is 0 Å². The van der Waals surface area contributed by atoms with Gasteiger partial charge in [-0.3, -0.25) is 4.98 Å². The highest BCUT2D eigenvalue weighted by Crippen LogP contribution is 2.45. The lowest BCUT2D eigenvalue weighted by molar-refractivity contribution is 1.18. The van der Waals surface area contributed by atoms with Crippen LogP contribution in [-0.2, 0) is 0 Å². The minimum Gasteiger partial charge on any atom is -0.309 e. The van der Waals surface area contributed by atoms with E-state index in [-0.39, 0.29) is 0 Å². The van der Waals surface area contributed by atoms with E-state index in [1.54, 1.807) is 0 Å². The van der Waals surface area contributed by atoms with Crippen molar-refractivity contribution in [3.05, 3.63) is 504 Å². The normalized spacial score (nSPS) is 11.6. The first-order valence-electron chi connectivity index (χ1n) is 45.2. The van der Waals surface area contributed by atoms with Gasteiger partial charge in [0.05, 0.1) is 71.9 Å². The molecule has 0 amide bonds. The SMILES string of the molecule is c1ccc(-c2ccc(-n3c4ccccc4c4cc(-c5ccc6c(c5)c5ccccc5n6-c5cccc(-c6ccccc6)c5)ccc43)cc2)cc1.c1ccc(-n2c3ccccc3c3cc(-c4ccc5c(c4)c4ccccc4n5-c4cccc(-c5ccccn5)c4)ccc32)cc1.c1ccc(-n2c3ccccc3c3cc(-c4ccc5c6ccccc6n(-c6ccccc6)c5c4)ccc32)cc1. The van der Waals surface area contributed by atoms with Crippen LogP contribution in [0.4, 0.5) is 0 Å². The monoisotopic (exact) mass is 1680 g/mol. The summed E-state index contributed by atoms with van der Waals surface area (Å²) in [6.45, 7) is 0. The van der Waals surface area contributed by atoms with Gasteiger partial charge in [-0.05, 0) is 244 Å². The van der Waals surface area contributed by atoms with Crippen LogP contribution in [0.5, 0.6) is 0 Å². The van der Waals surface area contributed by atoms with Crippen LogP contribution in [0.25, 0.3) is 232 Å². The van der Waals surface area contributed by atoms with E-state index in [4.69, 9.17) is 0 Å². The number of hydrogen-bond acceptors (Lipinski definition) is 1. The number of aromatic nitrogens is 7. The molecule has 0 bridgehead atoms. The smallest absolute Gasteiger partial charge is 0.0702 e. The van der Waals surface area contributed by atoms with Crippen LogP contribution in [0, 0.1) is 0 Å². The quantitative estimate of drug-likeness (QED) is 0.120. The van der Waals surface area contributed by atoms with Crippen molar-refractivity contribution in [2.45, 2.75) is 0 Å². The fourth-order valence-electron chi connectivity index (χ4n) is 20.5. The topological polar surface area (TPSA) is 42.5 Å². The molecule has 0 atom stereocenters. The van der Waals surface area contributed by atoms with Crippen molar-refractivity contribution >= 4 is 131 Å². The highest BCUT2D eigenvalue weighted by atomic mass is 15.0. The zero-order valence-electron chi connectivity index (χ0n) is 72.1. The molecule has 7 aromatic heterocycles. The fourth-order valence-corrected chi connectivity index (χ4v) is 20.5. The van der Waals surface area contributed by atoms with E-state index in [0.717, 1.165) is 28.3 Å². The van der Waals surface area contributed by atoms with Gasteiger partial charge in [-0.2, -0.15) is 0 Å². The summed E-state index contributed by atoms with van der Waals surface area (Å²) in [5, 5.41) is 15.1. The summed E-state index contributed by atoms with van der Waals surface area (Å²) in [6, 6.07) is 179. The Labute approximate surface area is 762 Å². The van der Waals surface area contributed by atoms with Crippen LogP contribution in [0.3, 0.4) is 0 Å². The minimum atomic E-state index is 0.974.